The molecule has 1 aromatic carbocycles. The lowest BCUT2D eigenvalue weighted by Crippen LogP contribution is -2.66. The highest BCUT2D eigenvalue weighted by Crippen LogP contribution is 2.48. The molecule has 3 aliphatic rings. The Kier molecular flexibility index (Phi) is 9.55. The molecule has 4 atom stereocenters. The lowest BCUT2D eigenvalue weighted by molar-refractivity contribution is -0.205. The minimum Gasteiger partial charge on any atom is -0.414 e. The molecule has 45 heavy (non-hydrogen) atoms. The summed E-state index contributed by atoms with van der Waals surface area (Å²) in [4.78, 5) is 58.5. The monoisotopic (exact) mass is 661 g/mol. The number of amides is 2. The third-order valence-corrected chi connectivity index (χ3v) is 19.2. The van der Waals surface area contributed by atoms with Gasteiger partial charge < -0.3 is 22.4 Å². The average Bonchev–Trinajstić information content (AvgIpc) is 3.41. The molecule has 0 saturated carbocycles. The van der Waals surface area contributed by atoms with Crippen LogP contribution in [0.4, 0.5) is 0 Å². The Morgan fingerprint density at radius 1 is 0.867 bits per heavy atom. The Morgan fingerprint density at radius 2 is 1.44 bits per heavy atom. The fourth-order valence-electron chi connectivity index (χ4n) is 6.60. The van der Waals surface area contributed by atoms with Crippen molar-refractivity contribution in [3.8, 4) is 0 Å². The predicted molar refractivity (Wildman–Crippen MR) is 167 cm³/mol. The van der Waals surface area contributed by atoms with Crippen LogP contribution in [0.5, 0.6) is 0 Å². The van der Waals surface area contributed by atoms with Crippen LogP contribution in [-0.4, -0.2) is 75.3 Å². The number of hydrogen-bond acceptors (Lipinski definition) is 10. The number of ether oxygens (including phenoxy) is 2. The summed E-state index contributed by atoms with van der Waals surface area (Å²) >= 11 is 0. The van der Waals surface area contributed by atoms with Crippen molar-refractivity contribution < 1.29 is 36.9 Å². The van der Waals surface area contributed by atoms with Crippen LogP contribution in [0, 0.1) is 0 Å². The van der Waals surface area contributed by atoms with Crippen molar-refractivity contribution >= 4 is 28.9 Å². The number of H-pyrrole nitrogens is 1. The zero-order chi connectivity index (χ0) is 32.8. The van der Waals surface area contributed by atoms with Gasteiger partial charge in [0.25, 0.3) is 17.4 Å². The molecule has 3 aliphatic heterocycles. The molecule has 5 rings (SSSR count). The van der Waals surface area contributed by atoms with E-state index in [0.717, 1.165) is 0 Å². The molecule has 0 radical (unpaired) electrons. The molecule has 2 saturated heterocycles. The second kappa shape index (κ2) is 12.8. The van der Waals surface area contributed by atoms with E-state index in [1.165, 1.54) is 16.8 Å². The van der Waals surface area contributed by atoms with E-state index in [1.807, 2.05) is 0 Å². The third kappa shape index (κ3) is 5.84. The molecule has 0 bridgehead atoms. The summed E-state index contributed by atoms with van der Waals surface area (Å²) in [5.41, 5.74) is -0.552. The number of aromatic nitrogens is 2. The largest absolute Gasteiger partial charge is 0.414 e. The first-order chi connectivity index (χ1) is 21.2. The second-order valence-corrected chi connectivity index (χ2v) is 21.8. The topological polar surface area (TPSA) is 148 Å². The van der Waals surface area contributed by atoms with Crippen LogP contribution in [0.15, 0.2) is 46.1 Å². The van der Waals surface area contributed by atoms with E-state index in [9.17, 15) is 19.2 Å². The molecule has 0 aliphatic carbocycles. The van der Waals surface area contributed by atoms with Gasteiger partial charge in [-0.3, -0.25) is 23.9 Å². The van der Waals surface area contributed by atoms with Crippen molar-refractivity contribution in [2.45, 2.75) is 102 Å². The van der Waals surface area contributed by atoms with E-state index < -0.39 is 71.5 Å². The van der Waals surface area contributed by atoms with Crippen molar-refractivity contribution in [1.29, 1.82) is 0 Å². The summed E-state index contributed by atoms with van der Waals surface area (Å²) in [6.45, 7) is 16.4. The maximum atomic E-state index is 13.0. The second-order valence-electron chi connectivity index (χ2n) is 13.0. The zero-order valence-electron chi connectivity index (χ0n) is 27.0. The quantitative estimate of drug-likeness (QED) is 0.238. The molecule has 2 amide bonds. The van der Waals surface area contributed by atoms with E-state index in [4.69, 9.17) is 27.3 Å². The smallest absolute Gasteiger partial charge is 0.335 e. The maximum Gasteiger partial charge on any atom is 0.335 e. The van der Waals surface area contributed by atoms with E-state index in [-0.39, 0.29) is 39.9 Å². The van der Waals surface area contributed by atoms with E-state index in [2.05, 4.69) is 60.4 Å². The van der Waals surface area contributed by atoms with Crippen LogP contribution in [-0.2, 0) is 27.3 Å². The van der Waals surface area contributed by atoms with Gasteiger partial charge in [-0.25, -0.2) is 9.63 Å². The van der Waals surface area contributed by atoms with Gasteiger partial charge in [0.15, 0.2) is 13.0 Å². The third-order valence-electron chi connectivity index (χ3n) is 8.94. The number of nitrogens with zero attached hydrogens (tertiary/aromatic N) is 2. The summed E-state index contributed by atoms with van der Waals surface area (Å²) in [5.74, 6) is -1.21. The average molecular weight is 662 g/mol. The highest BCUT2D eigenvalue weighted by atomic mass is 28.5. The predicted octanol–water partition coefficient (Wildman–Crippen LogP) is 3.96. The molecule has 1 N–H and O–H groups in total. The zero-order valence-corrected chi connectivity index (χ0v) is 29.0. The molecule has 13 nitrogen and oxygen atoms in total. The molecule has 246 valence electrons. The Balaban J connectivity index is 1.51. The van der Waals surface area contributed by atoms with Crippen molar-refractivity contribution in [2.24, 2.45) is 0 Å². The molecular formula is C30H43N3O10Si2. The van der Waals surface area contributed by atoms with Crippen LogP contribution in [0.1, 0.15) is 82.3 Å². The Hall–Kier alpha value is -2.77. The number of rotatable bonds is 9. The van der Waals surface area contributed by atoms with Gasteiger partial charge in [-0.15, -0.1) is 5.06 Å². The van der Waals surface area contributed by atoms with Gasteiger partial charge >= 0.3 is 22.8 Å². The maximum absolute atomic E-state index is 13.0. The van der Waals surface area contributed by atoms with E-state index in [0.29, 0.717) is 5.06 Å². The minimum absolute atomic E-state index is 0.00863. The molecule has 0 spiro atoms. The van der Waals surface area contributed by atoms with Gasteiger partial charge in [0.1, 0.15) is 18.3 Å². The van der Waals surface area contributed by atoms with E-state index >= 15 is 0 Å². The van der Waals surface area contributed by atoms with Crippen LogP contribution < -0.4 is 11.2 Å². The lowest BCUT2D eigenvalue weighted by Gasteiger charge is -2.51. The van der Waals surface area contributed by atoms with Crippen molar-refractivity contribution in [1.82, 2.24) is 14.6 Å². The fourth-order valence-corrected chi connectivity index (χ4v) is 17.8. The van der Waals surface area contributed by atoms with Gasteiger partial charge in [0.2, 0.25) is 0 Å². The molecule has 2 aromatic rings. The minimum atomic E-state index is -3.12. The van der Waals surface area contributed by atoms with Gasteiger partial charge in [-0.05, 0) is 34.3 Å². The number of nitrogens with one attached hydrogen (secondary N) is 1. The van der Waals surface area contributed by atoms with Gasteiger partial charge in [0.05, 0.1) is 17.7 Å². The first-order valence-electron chi connectivity index (χ1n) is 15.4. The Bertz CT molecular complexity index is 1490. The van der Waals surface area contributed by atoms with Gasteiger partial charge in [-0.2, -0.15) is 0 Å². The Morgan fingerprint density at radius 3 is 1.98 bits per heavy atom. The van der Waals surface area contributed by atoms with Crippen molar-refractivity contribution in [3.05, 3.63) is 68.5 Å². The van der Waals surface area contributed by atoms with Crippen LogP contribution in [0.2, 0.25) is 22.2 Å². The molecule has 1 aromatic heterocycles. The number of aromatic amines is 1. The summed E-state index contributed by atoms with van der Waals surface area (Å²) in [6, 6.07) is 7.65. The fraction of sp³-hybridized carbons (Fsp3) is 0.600. The van der Waals surface area contributed by atoms with Crippen LogP contribution in [0.25, 0.3) is 0 Å². The number of hydrogen-bond donors (Lipinski definition) is 1. The molecule has 2 fully saturated rings. The van der Waals surface area contributed by atoms with Gasteiger partial charge in [0, 0.05) is 12.3 Å². The molecule has 4 heterocycles. The standard InChI is InChI=1S/C30H43N3O10Si2/c1-17(2)44(18(3)4)40-15-23-25(42-45(43-44,19(5)6)20(7)8)26(29(41-23)32-14-13-24(34)31-30(32)37)38-16-39-33-27(35)21-11-9-10-12-22(21)28(33)36/h9-14,17-20,23,25-26,29H,15-16H2,1-8H3,(H,31,34,37)/t23-,25-,26-,29-/m1/s1. The number of hydroxylamine groups is 2. The highest BCUT2D eigenvalue weighted by molar-refractivity contribution is 6.84. The van der Waals surface area contributed by atoms with Crippen LogP contribution >= 0.6 is 0 Å². The van der Waals surface area contributed by atoms with E-state index in [1.54, 1.807) is 24.3 Å². The number of fused-ring (bicyclic) bond motifs is 2. The van der Waals surface area contributed by atoms with Gasteiger partial charge in [-0.1, -0.05) is 67.5 Å². The summed E-state index contributed by atoms with van der Waals surface area (Å²) < 4.78 is 35.2. The van der Waals surface area contributed by atoms with Crippen LogP contribution in [0.3, 0.4) is 0 Å². The lowest BCUT2D eigenvalue weighted by atomic mass is 10.1. The van der Waals surface area contributed by atoms with Crippen molar-refractivity contribution in [2.75, 3.05) is 13.4 Å². The molecule has 15 heteroatoms. The summed E-state index contributed by atoms with van der Waals surface area (Å²) in [7, 11) is -6.00. The normalized spacial score (nSPS) is 26.1. The first-order valence-corrected chi connectivity index (χ1v) is 19.4. The first kappa shape index (κ1) is 33.6. The van der Waals surface area contributed by atoms with Crippen molar-refractivity contribution in [3.63, 3.8) is 0 Å². The number of carbonyl (C=O) groups excluding carboxylic acids is 2. The molecule has 0 unspecified atom stereocenters. The number of benzene rings is 1. The summed E-state index contributed by atoms with van der Waals surface area (Å²) in [6.07, 6.45) is -2.15. The SMILES string of the molecule is CC(C)[Si]1(C(C)C)OC[C@H]2O[C@@H](n3ccc(=O)[nH]c3=O)[C@H](OCON3C(=O)c4ccccc4C3=O)[C@@H]2O[Si](C(C)C)(C(C)C)O1. The molecular weight excluding hydrogens is 619 g/mol. The summed E-state index contributed by atoms with van der Waals surface area (Å²) in [5, 5.41) is 0.664. The Labute approximate surface area is 264 Å². The number of imide groups is 1. The number of carbonyl (C=O) groups is 2. The highest BCUT2D eigenvalue weighted by Gasteiger charge is 2.62.